The molecule has 0 amide bonds. The molecule has 0 fully saturated rings. The second-order valence-corrected chi connectivity index (χ2v) is 4.60. The van der Waals surface area contributed by atoms with Crippen molar-refractivity contribution in [3.05, 3.63) is 35.4 Å². The summed E-state index contributed by atoms with van der Waals surface area (Å²) in [7, 11) is 0. The van der Waals surface area contributed by atoms with Crippen molar-refractivity contribution in [2.75, 3.05) is 19.6 Å². The maximum Gasteiger partial charge on any atom is 0.0592 e. The van der Waals surface area contributed by atoms with E-state index >= 15 is 0 Å². The summed E-state index contributed by atoms with van der Waals surface area (Å²) in [5.74, 6) is 0. The zero-order valence-electron chi connectivity index (χ0n) is 11.3. The summed E-state index contributed by atoms with van der Waals surface area (Å²) >= 11 is 0. The van der Waals surface area contributed by atoms with Gasteiger partial charge in [-0.1, -0.05) is 38.1 Å². The number of hydrogen-bond acceptors (Lipinski definition) is 2. The van der Waals surface area contributed by atoms with Gasteiger partial charge in [0.05, 0.1) is 6.10 Å². The lowest BCUT2D eigenvalue weighted by atomic mass is 10.0. The summed E-state index contributed by atoms with van der Waals surface area (Å²) < 4.78 is 0. The van der Waals surface area contributed by atoms with Crippen molar-refractivity contribution >= 4 is 0 Å². The molecule has 0 radical (unpaired) electrons. The molecule has 0 aliphatic heterocycles. The van der Waals surface area contributed by atoms with E-state index in [-0.39, 0.29) is 6.10 Å². The van der Waals surface area contributed by atoms with E-state index < -0.39 is 0 Å². The monoisotopic (exact) mass is 235 g/mol. The second kappa shape index (κ2) is 7.46. The van der Waals surface area contributed by atoms with E-state index in [0.29, 0.717) is 0 Å². The van der Waals surface area contributed by atoms with Gasteiger partial charge in [-0.3, -0.25) is 0 Å². The molecule has 0 spiro atoms. The maximum absolute atomic E-state index is 10.0. The molecule has 0 aromatic heterocycles. The van der Waals surface area contributed by atoms with Crippen molar-refractivity contribution in [1.29, 1.82) is 0 Å². The van der Waals surface area contributed by atoms with Gasteiger partial charge in [0, 0.05) is 6.54 Å². The number of nitrogens with zero attached hydrogens (tertiary/aromatic N) is 1. The van der Waals surface area contributed by atoms with E-state index in [1.54, 1.807) is 0 Å². The van der Waals surface area contributed by atoms with Gasteiger partial charge in [-0.25, -0.2) is 0 Å². The minimum Gasteiger partial charge on any atom is -0.393 e. The number of aryl methyl sites for hydroxylation is 1. The number of benzene rings is 1. The molecule has 1 aromatic rings. The summed E-state index contributed by atoms with van der Waals surface area (Å²) in [5, 5.41) is 10.0. The van der Waals surface area contributed by atoms with E-state index in [1.807, 2.05) is 12.1 Å². The molecule has 2 nitrogen and oxygen atoms in total. The van der Waals surface area contributed by atoms with Gasteiger partial charge in [0.15, 0.2) is 0 Å². The lowest BCUT2D eigenvalue weighted by Gasteiger charge is -2.20. The molecule has 0 bridgehead atoms. The Morgan fingerprint density at radius 2 is 1.82 bits per heavy atom. The van der Waals surface area contributed by atoms with Gasteiger partial charge in [-0.15, -0.1) is 0 Å². The van der Waals surface area contributed by atoms with Crippen LogP contribution in [0, 0.1) is 6.92 Å². The zero-order chi connectivity index (χ0) is 12.7. The van der Waals surface area contributed by atoms with Crippen molar-refractivity contribution in [2.45, 2.75) is 39.7 Å². The topological polar surface area (TPSA) is 23.5 Å². The van der Waals surface area contributed by atoms with Crippen LogP contribution >= 0.6 is 0 Å². The highest BCUT2D eigenvalue weighted by Crippen LogP contribution is 2.11. The third-order valence-electron chi connectivity index (χ3n) is 3.39. The van der Waals surface area contributed by atoms with Crippen LogP contribution in [0.4, 0.5) is 0 Å². The van der Waals surface area contributed by atoms with E-state index in [1.165, 1.54) is 11.1 Å². The number of aliphatic hydroxyl groups excluding tert-OH is 1. The summed E-state index contributed by atoms with van der Waals surface area (Å²) in [5.41, 5.74) is 2.54. The predicted octanol–water partition coefficient (Wildman–Crippen LogP) is 2.63. The fourth-order valence-corrected chi connectivity index (χ4v) is 2.07. The van der Waals surface area contributed by atoms with Crippen LogP contribution in [-0.2, 0) is 6.42 Å². The van der Waals surface area contributed by atoms with Gasteiger partial charge < -0.3 is 10.0 Å². The fourth-order valence-electron chi connectivity index (χ4n) is 2.07. The number of aliphatic hydroxyl groups is 1. The Morgan fingerprint density at radius 3 is 2.41 bits per heavy atom. The average molecular weight is 235 g/mol. The molecule has 17 heavy (non-hydrogen) atoms. The molecule has 96 valence electrons. The molecule has 1 rings (SSSR count). The van der Waals surface area contributed by atoms with Crippen molar-refractivity contribution in [1.82, 2.24) is 4.90 Å². The van der Waals surface area contributed by atoms with Gasteiger partial charge in [0.1, 0.15) is 0 Å². The zero-order valence-corrected chi connectivity index (χ0v) is 11.3. The Balaban J connectivity index is 2.39. The molecule has 0 saturated heterocycles. The molecule has 0 heterocycles. The van der Waals surface area contributed by atoms with Crippen molar-refractivity contribution in [2.24, 2.45) is 0 Å². The molecule has 1 N–H and O–H groups in total. The summed E-state index contributed by atoms with van der Waals surface area (Å²) in [6.45, 7) is 9.54. The van der Waals surface area contributed by atoms with Crippen LogP contribution in [0.15, 0.2) is 24.3 Å². The maximum atomic E-state index is 10.0. The second-order valence-electron chi connectivity index (χ2n) is 4.60. The Morgan fingerprint density at radius 1 is 1.18 bits per heavy atom. The van der Waals surface area contributed by atoms with Crippen molar-refractivity contribution in [3.63, 3.8) is 0 Å². The number of rotatable bonds is 7. The first kappa shape index (κ1) is 14.2. The first-order chi connectivity index (χ1) is 8.17. The minimum atomic E-state index is -0.225. The van der Waals surface area contributed by atoms with Crippen molar-refractivity contribution < 1.29 is 5.11 Å². The van der Waals surface area contributed by atoms with Gasteiger partial charge in [-0.05, 0) is 44.0 Å². The van der Waals surface area contributed by atoms with Crippen LogP contribution < -0.4 is 0 Å². The molecule has 0 aliphatic carbocycles. The quantitative estimate of drug-likeness (QED) is 0.785. The predicted molar refractivity (Wildman–Crippen MR) is 73.3 cm³/mol. The van der Waals surface area contributed by atoms with E-state index in [4.69, 9.17) is 0 Å². The molecule has 1 aromatic carbocycles. The summed E-state index contributed by atoms with van der Waals surface area (Å²) in [4.78, 5) is 2.35. The Labute approximate surface area is 105 Å². The average Bonchev–Trinajstić information content (AvgIpc) is 2.33. The lowest BCUT2D eigenvalue weighted by molar-refractivity contribution is 0.143. The highest BCUT2D eigenvalue weighted by atomic mass is 16.3. The molecular weight excluding hydrogens is 210 g/mol. The van der Waals surface area contributed by atoms with Crippen LogP contribution in [0.2, 0.25) is 0 Å². The highest BCUT2D eigenvalue weighted by Gasteiger charge is 2.09. The normalized spacial score (nSPS) is 13.0. The molecule has 0 aliphatic rings. The standard InChI is InChI=1S/C15H25NO/c1-4-16(5-2)11-10-15(17)12-14-9-7-6-8-13(14)3/h6-9,15,17H,4-5,10-12H2,1-3H3. The summed E-state index contributed by atoms with van der Waals surface area (Å²) in [6.07, 6.45) is 1.40. The Kier molecular flexibility index (Phi) is 6.23. The molecule has 2 heteroatoms. The van der Waals surface area contributed by atoms with Crippen LogP contribution in [0.1, 0.15) is 31.4 Å². The van der Waals surface area contributed by atoms with Crippen LogP contribution in [0.25, 0.3) is 0 Å². The first-order valence-electron chi connectivity index (χ1n) is 6.62. The minimum absolute atomic E-state index is 0.225. The molecule has 0 saturated carbocycles. The van der Waals surface area contributed by atoms with E-state index in [2.05, 4.69) is 37.8 Å². The lowest BCUT2D eigenvalue weighted by Crippen LogP contribution is -2.27. The molecule has 1 unspecified atom stereocenters. The fraction of sp³-hybridized carbons (Fsp3) is 0.600. The largest absolute Gasteiger partial charge is 0.393 e. The first-order valence-corrected chi connectivity index (χ1v) is 6.62. The van der Waals surface area contributed by atoms with Gasteiger partial charge in [0.2, 0.25) is 0 Å². The van der Waals surface area contributed by atoms with Crippen LogP contribution in [0.3, 0.4) is 0 Å². The molecule has 1 atom stereocenters. The Hall–Kier alpha value is -0.860. The highest BCUT2D eigenvalue weighted by molar-refractivity contribution is 5.26. The van der Waals surface area contributed by atoms with E-state index in [9.17, 15) is 5.11 Å². The Bertz CT molecular complexity index is 320. The third kappa shape index (κ3) is 4.88. The van der Waals surface area contributed by atoms with E-state index in [0.717, 1.165) is 32.5 Å². The van der Waals surface area contributed by atoms with Crippen LogP contribution in [-0.4, -0.2) is 35.7 Å². The van der Waals surface area contributed by atoms with Gasteiger partial charge in [0.25, 0.3) is 0 Å². The van der Waals surface area contributed by atoms with Gasteiger partial charge in [-0.2, -0.15) is 0 Å². The van der Waals surface area contributed by atoms with Gasteiger partial charge >= 0.3 is 0 Å². The SMILES string of the molecule is CCN(CC)CCC(O)Cc1ccccc1C. The van der Waals surface area contributed by atoms with Crippen LogP contribution in [0.5, 0.6) is 0 Å². The third-order valence-corrected chi connectivity index (χ3v) is 3.39. The smallest absolute Gasteiger partial charge is 0.0592 e. The molecular formula is C15H25NO. The summed E-state index contributed by atoms with van der Waals surface area (Å²) in [6, 6.07) is 8.29. The number of hydrogen-bond donors (Lipinski definition) is 1. The van der Waals surface area contributed by atoms with Crippen molar-refractivity contribution in [3.8, 4) is 0 Å².